The molecular weight excluding hydrogens is 210 g/mol. The average molecular weight is 231 g/mol. The van der Waals surface area contributed by atoms with Crippen LogP contribution < -0.4 is 0 Å². The van der Waals surface area contributed by atoms with Crippen LogP contribution in [0.25, 0.3) is 0 Å². The van der Waals surface area contributed by atoms with E-state index < -0.39 is 18.1 Å². The minimum atomic E-state index is -1.02. The second kappa shape index (κ2) is 7.09. The van der Waals surface area contributed by atoms with E-state index in [9.17, 15) is 9.59 Å². The summed E-state index contributed by atoms with van der Waals surface area (Å²) in [5.74, 6) is -0.602. The van der Waals surface area contributed by atoms with Crippen LogP contribution in [0.15, 0.2) is 0 Å². The van der Waals surface area contributed by atoms with Gasteiger partial charge < -0.3 is 9.84 Å². The summed E-state index contributed by atoms with van der Waals surface area (Å²) < 4.78 is 4.83. The Balaban J connectivity index is 4.49. The molecule has 0 spiro atoms. The molecule has 0 aliphatic rings. The Bertz CT molecular complexity index is 240. The van der Waals surface area contributed by atoms with E-state index in [4.69, 9.17) is 9.84 Å². The van der Waals surface area contributed by atoms with Gasteiger partial charge in [0.05, 0.1) is 6.61 Å². The minimum absolute atomic E-state index is 0.253. The van der Waals surface area contributed by atoms with Crippen molar-refractivity contribution in [2.45, 2.75) is 40.2 Å². The number of carboxylic acid groups (broad SMARTS) is 1. The zero-order chi connectivity index (χ0) is 12.7. The maximum absolute atomic E-state index is 11.5. The Kier molecular flexibility index (Phi) is 6.53. The van der Waals surface area contributed by atoms with Gasteiger partial charge in [0, 0.05) is 6.54 Å². The van der Waals surface area contributed by atoms with E-state index >= 15 is 0 Å². The summed E-state index contributed by atoms with van der Waals surface area (Å²) in [6, 6.07) is -0.849. The average Bonchev–Trinajstić information content (AvgIpc) is 2.17. The first-order chi connectivity index (χ1) is 7.40. The van der Waals surface area contributed by atoms with Gasteiger partial charge in [0.15, 0.2) is 0 Å². The highest BCUT2D eigenvalue weighted by Crippen LogP contribution is 2.08. The molecule has 94 valence electrons. The van der Waals surface area contributed by atoms with Crippen molar-refractivity contribution < 1.29 is 19.4 Å². The van der Waals surface area contributed by atoms with Crippen molar-refractivity contribution in [3.8, 4) is 0 Å². The van der Waals surface area contributed by atoms with Crippen molar-refractivity contribution in [3.05, 3.63) is 0 Å². The lowest BCUT2D eigenvalue weighted by molar-refractivity contribution is -0.142. The largest absolute Gasteiger partial charge is 0.480 e. The summed E-state index contributed by atoms with van der Waals surface area (Å²) in [6.07, 6.45) is 0.203. The van der Waals surface area contributed by atoms with E-state index in [2.05, 4.69) is 0 Å². The number of carbonyl (C=O) groups is 2. The van der Waals surface area contributed by atoms with Crippen molar-refractivity contribution in [1.82, 2.24) is 4.90 Å². The van der Waals surface area contributed by atoms with Gasteiger partial charge in [-0.25, -0.2) is 9.59 Å². The molecule has 0 aromatic heterocycles. The summed E-state index contributed by atoms with van der Waals surface area (Å²) in [5, 5.41) is 8.89. The molecule has 0 bridgehead atoms. The predicted octanol–water partition coefficient (Wildman–Crippen LogP) is 1.96. The SMILES string of the molecule is CCOC(=O)N(CCC(C)C)C(C)C(=O)O. The van der Waals surface area contributed by atoms with Crippen LogP contribution in [0, 0.1) is 5.92 Å². The molecule has 1 amide bonds. The van der Waals surface area contributed by atoms with Crippen LogP contribution in [0.3, 0.4) is 0 Å². The lowest BCUT2D eigenvalue weighted by atomic mass is 10.1. The van der Waals surface area contributed by atoms with Gasteiger partial charge in [-0.3, -0.25) is 4.90 Å². The Labute approximate surface area is 96.4 Å². The molecule has 1 unspecified atom stereocenters. The lowest BCUT2D eigenvalue weighted by Gasteiger charge is -2.26. The minimum Gasteiger partial charge on any atom is -0.480 e. The zero-order valence-corrected chi connectivity index (χ0v) is 10.4. The van der Waals surface area contributed by atoms with Crippen molar-refractivity contribution in [2.24, 2.45) is 5.92 Å². The number of aliphatic carboxylic acids is 1. The number of nitrogens with zero attached hydrogens (tertiary/aromatic N) is 1. The first-order valence-corrected chi connectivity index (χ1v) is 5.56. The molecule has 0 aliphatic carbocycles. The normalized spacial score (nSPS) is 12.3. The van der Waals surface area contributed by atoms with Gasteiger partial charge in [-0.2, -0.15) is 0 Å². The number of amides is 1. The van der Waals surface area contributed by atoms with Gasteiger partial charge in [0.2, 0.25) is 0 Å². The molecule has 5 nitrogen and oxygen atoms in total. The highest BCUT2D eigenvalue weighted by molar-refractivity contribution is 5.79. The van der Waals surface area contributed by atoms with Crippen LogP contribution in [0.4, 0.5) is 4.79 Å². The fraction of sp³-hybridized carbons (Fsp3) is 0.818. The molecule has 0 saturated carbocycles. The van der Waals surface area contributed by atoms with E-state index in [-0.39, 0.29) is 6.61 Å². The Morgan fingerprint density at radius 1 is 1.31 bits per heavy atom. The van der Waals surface area contributed by atoms with E-state index in [1.54, 1.807) is 6.92 Å². The van der Waals surface area contributed by atoms with Crippen molar-refractivity contribution in [1.29, 1.82) is 0 Å². The topological polar surface area (TPSA) is 66.8 Å². The van der Waals surface area contributed by atoms with Gasteiger partial charge >= 0.3 is 12.1 Å². The summed E-state index contributed by atoms with van der Waals surface area (Å²) >= 11 is 0. The second-order valence-electron chi connectivity index (χ2n) is 4.09. The molecule has 0 fully saturated rings. The van der Waals surface area contributed by atoms with Crippen molar-refractivity contribution in [2.75, 3.05) is 13.2 Å². The number of rotatable bonds is 6. The molecule has 0 heterocycles. The quantitative estimate of drug-likeness (QED) is 0.758. The van der Waals surface area contributed by atoms with Gasteiger partial charge in [-0.05, 0) is 26.2 Å². The van der Waals surface area contributed by atoms with Crippen LogP contribution in [-0.2, 0) is 9.53 Å². The Hall–Kier alpha value is -1.26. The molecule has 5 heteroatoms. The molecule has 0 aromatic carbocycles. The van der Waals surface area contributed by atoms with Crippen LogP contribution >= 0.6 is 0 Å². The van der Waals surface area contributed by atoms with Gasteiger partial charge in [0.1, 0.15) is 6.04 Å². The van der Waals surface area contributed by atoms with Crippen molar-refractivity contribution in [3.63, 3.8) is 0 Å². The molecule has 0 radical (unpaired) electrons. The van der Waals surface area contributed by atoms with Crippen LogP contribution in [-0.4, -0.2) is 41.3 Å². The van der Waals surface area contributed by atoms with E-state index in [0.29, 0.717) is 12.5 Å². The van der Waals surface area contributed by atoms with Crippen molar-refractivity contribution >= 4 is 12.1 Å². The summed E-state index contributed by atoms with van der Waals surface area (Å²) in [4.78, 5) is 23.6. The fourth-order valence-electron chi connectivity index (χ4n) is 1.18. The van der Waals surface area contributed by atoms with Crippen LogP contribution in [0.5, 0.6) is 0 Å². The van der Waals surface area contributed by atoms with E-state index in [1.165, 1.54) is 11.8 Å². The summed E-state index contributed by atoms with van der Waals surface area (Å²) in [7, 11) is 0. The smallest absolute Gasteiger partial charge is 0.410 e. The highest BCUT2D eigenvalue weighted by Gasteiger charge is 2.26. The van der Waals surface area contributed by atoms with E-state index in [1.807, 2.05) is 13.8 Å². The Morgan fingerprint density at radius 3 is 2.25 bits per heavy atom. The standard InChI is InChI=1S/C11H21NO4/c1-5-16-11(15)12(7-6-8(2)3)9(4)10(13)14/h8-9H,5-7H2,1-4H3,(H,13,14). The number of hydrogen-bond donors (Lipinski definition) is 1. The molecule has 0 rings (SSSR count). The first kappa shape index (κ1) is 14.7. The maximum Gasteiger partial charge on any atom is 0.410 e. The lowest BCUT2D eigenvalue weighted by Crippen LogP contribution is -2.44. The third kappa shape index (κ3) is 5.00. The van der Waals surface area contributed by atoms with Crippen LogP contribution in [0.2, 0.25) is 0 Å². The number of ether oxygens (including phenoxy) is 1. The van der Waals surface area contributed by atoms with Gasteiger partial charge in [0.25, 0.3) is 0 Å². The van der Waals surface area contributed by atoms with Crippen LogP contribution in [0.1, 0.15) is 34.1 Å². The zero-order valence-electron chi connectivity index (χ0n) is 10.4. The number of carbonyl (C=O) groups excluding carboxylic acids is 1. The van der Waals surface area contributed by atoms with Gasteiger partial charge in [-0.1, -0.05) is 13.8 Å². The molecule has 1 atom stereocenters. The third-order valence-electron chi connectivity index (χ3n) is 2.27. The molecule has 0 saturated heterocycles. The monoisotopic (exact) mass is 231 g/mol. The van der Waals surface area contributed by atoms with Gasteiger partial charge in [-0.15, -0.1) is 0 Å². The molecular formula is C11H21NO4. The molecule has 0 aliphatic heterocycles. The fourth-order valence-corrected chi connectivity index (χ4v) is 1.18. The summed E-state index contributed by atoms with van der Waals surface area (Å²) in [6.45, 7) is 7.89. The van der Waals surface area contributed by atoms with E-state index in [0.717, 1.165) is 6.42 Å². The number of carboxylic acids is 1. The maximum atomic E-state index is 11.5. The predicted molar refractivity (Wildman–Crippen MR) is 60.3 cm³/mol. The molecule has 1 N–H and O–H groups in total. The first-order valence-electron chi connectivity index (χ1n) is 5.56. The summed E-state index contributed by atoms with van der Waals surface area (Å²) in [5.41, 5.74) is 0. The number of hydrogen-bond acceptors (Lipinski definition) is 3. The second-order valence-corrected chi connectivity index (χ2v) is 4.09. The Morgan fingerprint density at radius 2 is 1.88 bits per heavy atom. The molecule has 0 aromatic rings. The third-order valence-corrected chi connectivity index (χ3v) is 2.27. The molecule has 16 heavy (non-hydrogen) atoms. The highest BCUT2D eigenvalue weighted by atomic mass is 16.6.